The Morgan fingerprint density at radius 2 is 1.94 bits per heavy atom. The standard InChI is InChI=1S/C23H32N6O2/c1-24-22(30)21-18-27(10-8-19-5-3-2-4-6-19)11-12-29(21)17-20-7-9-25-23(26-20)28-13-15-31-16-14-28/h2-7,9,21H,8,10-18H2,1H3,(H,24,30)/t21-/m1/s1. The van der Waals surface area contributed by atoms with Gasteiger partial charge < -0.3 is 15.0 Å². The van der Waals surface area contributed by atoms with E-state index in [-0.39, 0.29) is 11.9 Å². The average molecular weight is 425 g/mol. The van der Waals surface area contributed by atoms with Crippen molar-refractivity contribution in [3.8, 4) is 0 Å². The van der Waals surface area contributed by atoms with Gasteiger partial charge in [-0.1, -0.05) is 30.3 Å². The van der Waals surface area contributed by atoms with Crippen LogP contribution in [-0.4, -0.2) is 91.2 Å². The molecule has 31 heavy (non-hydrogen) atoms. The summed E-state index contributed by atoms with van der Waals surface area (Å²) < 4.78 is 5.43. The summed E-state index contributed by atoms with van der Waals surface area (Å²) >= 11 is 0. The third-order valence-electron chi connectivity index (χ3n) is 6.04. The van der Waals surface area contributed by atoms with E-state index in [1.54, 1.807) is 7.05 Å². The number of hydrogen-bond donors (Lipinski definition) is 1. The third kappa shape index (κ3) is 5.78. The van der Waals surface area contributed by atoms with Crippen molar-refractivity contribution in [2.45, 2.75) is 19.0 Å². The first-order valence-electron chi connectivity index (χ1n) is 11.1. The fraction of sp³-hybridized carbons (Fsp3) is 0.522. The van der Waals surface area contributed by atoms with Gasteiger partial charge in [0, 0.05) is 59.1 Å². The van der Waals surface area contributed by atoms with Crippen LogP contribution in [0.5, 0.6) is 0 Å². The number of aromatic nitrogens is 2. The Balaban J connectivity index is 1.39. The van der Waals surface area contributed by atoms with E-state index in [0.717, 1.165) is 57.3 Å². The van der Waals surface area contributed by atoms with E-state index in [0.29, 0.717) is 19.8 Å². The molecule has 3 heterocycles. The molecule has 0 bridgehead atoms. The molecule has 8 heteroatoms. The summed E-state index contributed by atoms with van der Waals surface area (Å²) in [5.74, 6) is 0.811. The van der Waals surface area contributed by atoms with E-state index >= 15 is 0 Å². The number of ether oxygens (including phenoxy) is 1. The number of nitrogens with one attached hydrogen (secondary N) is 1. The second kappa shape index (κ2) is 10.7. The molecular formula is C23H32N6O2. The molecule has 1 N–H and O–H groups in total. The van der Waals surface area contributed by atoms with Gasteiger partial charge in [-0.15, -0.1) is 0 Å². The highest BCUT2D eigenvalue weighted by atomic mass is 16.5. The van der Waals surface area contributed by atoms with Crippen LogP contribution in [0.1, 0.15) is 11.3 Å². The van der Waals surface area contributed by atoms with Gasteiger partial charge in [-0.2, -0.15) is 0 Å². The number of hydrogen-bond acceptors (Lipinski definition) is 7. The van der Waals surface area contributed by atoms with E-state index in [1.165, 1.54) is 5.56 Å². The number of carbonyl (C=O) groups excluding carboxylic acids is 1. The van der Waals surface area contributed by atoms with Gasteiger partial charge in [0.05, 0.1) is 18.9 Å². The molecule has 2 saturated heterocycles. The Kier molecular flexibility index (Phi) is 7.45. The molecule has 0 aliphatic carbocycles. The number of carbonyl (C=O) groups is 1. The highest BCUT2D eigenvalue weighted by Crippen LogP contribution is 2.16. The Bertz CT molecular complexity index is 843. The average Bonchev–Trinajstić information content (AvgIpc) is 2.84. The summed E-state index contributed by atoms with van der Waals surface area (Å²) in [7, 11) is 1.71. The van der Waals surface area contributed by atoms with Gasteiger partial charge in [-0.05, 0) is 18.1 Å². The minimum Gasteiger partial charge on any atom is -0.378 e. The van der Waals surface area contributed by atoms with Gasteiger partial charge in [0.15, 0.2) is 0 Å². The van der Waals surface area contributed by atoms with Gasteiger partial charge in [-0.3, -0.25) is 14.6 Å². The van der Waals surface area contributed by atoms with Crippen LogP contribution in [0.2, 0.25) is 0 Å². The van der Waals surface area contributed by atoms with Crippen molar-refractivity contribution in [1.82, 2.24) is 25.1 Å². The summed E-state index contributed by atoms with van der Waals surface area (Å²) in [6, 6.07) is 12.3. The van der Waals surface area contributed by atoms with Crippen molar-refractivity contribution in [3.63, 3.8) is 0 Å². The zero-order valence-electron chi connectivity index (χ0n) is 18.2. The molecule has 0 saturated carbocycles. The Morgan fingerprint density at radius 3 is 2.71 bits per heavy atom. The van der Waals surface area contributed by atoms with Gasteiger partial charge in [0.2, 0.25) is 11.9 Å². The maximum absolute atomic E-state index is 12.7. The molecule has 4 rings (SSSR count). The van der Waals surface area contributed by atoms with Crippen LogP contribution in [0.15, 0.2) is 42.6 Å². The van der Waals surface area contributed by atoms with Crippen LogP contribution in [-0.2, 0) is 22.5 Å². The van der Waals surface area contributed by atoms with E-state index in [4.69, 9.17) is 9.72 Å². The number of benzene rings is 1. The lowest BCUT2D eigenvalue weighted by Crippen LogP contribution is -2.58. The van der Waals surface area contributed by atoms with E-state index < -0.39 is 0 Å². The van der Waals surface area contributed by atoms with Crippen LogP contribution in [0, 0.1) is 0 Å². The molecule has 2 aliphatic heterocycles. The maximum Gasteiger partial charge on any atom is 0.238 e. The van der Waals surface area contributed by atoms with Crippen molar-refractivity contribution in [3.05, 3.63) is 53.9 Å². The number of likely N-dealkylation sites (N-methyl/N-ethyl adjacent to an activating group) is 1. The second-order valence-corrected chi connectivity index (χ2v) is 8.08. The summed E-state index contributed by atoms with van der Waals surface area (Å²) in [5, 5.41) is 2.85. The molecule has 8 nitrogen and oxygen atoms in total. The predicted octanol–water partition coefficient (Wildman–Crippen LogP) is 0.788. The normalized spacial score (nSPS) is 20.5. The molecule has 2 aromatic rings. The lowest BCUT2D eigenvalue weighted by Gasteiger charge is -2.40. The van der Waals surface area contributed by atoms with Gasteiger partial charge >= 0.3 is 0 Å². The third-order valence-corrected chi connectivity index (χ3v) is 6.04. The zero-order valence-corrected chi connectivity index (χ0v) is 18.2. The fourth-order valence-corrected chi connectivity index (χ4v) is 4.21. The molecule has 0 unspecified atom stereocenters. The monoisotopic (exact) mass is 424 g/mol. The molecule has 166 valence electrons. The zero-order chi connectivity index (χ0) is 21.5. The second-order valence-electron chi connectivity index (χ2n) is 8.08. The largest absolute Gasteiger partial charge is 0.378 e. The lowest BCUT2D eigenvalue weighted by atomic mass is 10.1. The van der Waals surface area contributed by atoms with Crippen LogP contribution in [0.3, 0.4) is 0 Å². The van der Waals surface area contributed by atoms with Crippen LogP contribution >= 0.6 is 0 Å². The van der Waals surface area contributed by atoms with Crippen molar-refractivity contribution in [2.75, 3.05) is 64.4 Å². The van der Waals surface area contributed by atoms with Gasteiger partial charge in [0.25, 0.3) is 0 Å². The van der Waals surface area contributed by atoms with Crippen molar-refractivity contribution < 1.29 is 9.53 Å². The molecule has 0 spiro atoms. The molecule has 2 aliphatic rings. The Hall–Kier alpha value is -2.55. The van der Waals surface area contributed by atoms with Crippen LogP contribution in [0.25, 0.3) is 0 Å². The van der Waals surface area contributed by atoms with Gasteiger partial charge in [-0.25, -0.2) is 9.97 Å². The Morgan fingerprint density at radius 1 is 1.13 bits per heavy atom. The number of piperazine rings is 1. The highest BCUT2D eigenvalue weighted by molar-refractivity contribution is 5.81. The van der Waals surface area contributed by atoms with Crippen LogP contribution in [0.4, 0.5) is 5.95 Å². The van der Waals surface area contributed by atoms with E-state index in [9.17, 15) is 4.79 Å². The molecule has 1 atom stereocenters. The number of nitrogens with zero attached hydrogens (tertiary/aromatic N) is 5. The molecule has 0 radical (unpaired) electrons. The number of rotatable bonds is 7. The maximum atomic E-state index is 12.7. The minimum absolute atomic E-state index is 0.0619. The fourth-order valence-electron chi connectivity index (χ4n) is 4.21. The van der Waals surface area contributed by atoms with Crippen molar-refractivity contribution >= 4 is 11.9 Å². The first-order chi connectivity index (χ1) is 15.2. The highest BCUT2D eigenvalue weighted by Gasteiger charge is 2.32. The molecule has 1 aromatic carbocycles. The number of morpholine rings is 1. The van der Waals surface area contributed by atoms with Crippen LogP contribution < -0.4 is 10.2 Å². The molecule has 1 aromatic heterocycles. The van der Waals surface area contributed by atoms with E-state index in [1.807, 2.05) is 18.3 Å². The summed E-state index contributed by atoms with van der Waals surface area (Å²) in [5.41, 5.74) is 2.28. The summed E-state index contributed by atoms with van der Waals surface area (Å²) in [6.45, 7) is 7.15. The first kappa shape index (κ1) is 21.7. The SMILES string of the molecule is CNC(=O)[C@H]1CN(CCc2ccccc2)CCN1Cc1ccnc(N2CCOCC2)n1. The Labute approximate surface area is 184 Å². The first-order valence-corrected chi connectivity index (χ1v) is 11.1. The predicted molar refractivity (Wildman–Crippen MR) is 120 cm³/mol. The summed E-state index contributed by atoms with van der Waals surface area (Å²) in [4.78, 5) is 28.7. The quantitative estimate of drug-likeness (QED) is 0.704. The smallest absolute Gasteiger partial charge is 0.238 e. The molecule has 2 fully saturated rings. The number of amides is 1. The van der Waals surface area contributed by atoms with Gasteiger partial charge in [0.1, 0.15) is 6.04 Å². The minimum atomic E-state index is -0.184. The lowest BCUT2D eigenvalue weighted by molar-refractivity contribution is -0.128. The van der Waals surface area contributed by atoms with Crippen molar-refractivity contribution in [2.24, 2.45) is 0 Å². The topological polar surface area (TPSA) is 73.8 Å². The van der Waals surface area contributed by atoms with Crippen molar-refractivity contribution in [1.29, 1.82) is 0 Å². The molecular weight excluding hydrogens is 392 g/mol. The van der Waals surface area contributed by atoms with E-state index in [2.05, 4.69) is 49.3 Å². The number of anilines is 1. The summed E-state index contributed by atoms with van der Waals surface area (Å²) in [6.07, 6.45) is 2.81. The molecule has 1 amide bonds.